The number of hydrogen-bond donors (Lipinski definition) is 2. The van der Waals surface area contributed by atoms with E-state index >= 15 is 0 Å². The average Bonchev–Trinajstić information content (AvgIpc) is 2.24. The summed E-state index contributed by atoms with van der Waals surface area (Å²) in [4.78, 5) is 1.63. The van der Waals surface area contributed by atoms with Gasteiger partial charge in [0.2, 0.25) is 0 Å². The molecule has 100 valence electrons. The highest BCUT2D eigenvalue weighted by Crippen LogP contribution is 2.27. The average molecular weight is 253 g/mol. The van der Waals surface area contributed by atoms with Gasteiger partial charge in [-0.05, 0) is 19.9 Å². The second-order valence-corrected chi connectivity index (χ2v) is 4.33. The molecule has 17 heavy (non-hydrogen) atoms. The van der Waals surface area contributed by atoms with E-state index < -0.39 is 17.9 Å². The molecule has 1 aliphatic rings. The van der Waals surface area contributed by atoms with Crippen molar-refractivity contribution >= 4 is 5.84 Å². The highest BCUT2D eigenvalue weighted by molar-refractivity contribution is 5.80. The lowest BCUT2D eigenvalue weighted by Crippen LogP contribution is -2.47. The minimum atomic E-state index is -4.45. The number of hydrogen-bond acceptors (Lipinski definition) is 3. The SMILES string of the molecule is CN(CC(C(=N)N)C(F)(F)F)C1CCOCC1. The Morgan fingerprint density at radius 1 is 1.47 bits per heavy atom. The van der Waals surface area contributed by atoms with Gasteiger partial charge in [-0.2, -0.15) is 13.2 Å². The number of halogens is 3. The standard InChI is InChI=1S/C10H18F3N3O/c1-16(7-2-4-17-5-3-7)6-8(9(14)15)10(11,12)13/h7-8H,2-6H2,1H3,(H3,14,15). The first-order chi connectivity index (χ1) is 7.82. The molecule has 0 aromatic heterocycles. The third-order valence-corrected chi connectivity index (χ3v) is 3.06. The van der Waals surface area contributed by atoms with Crippen molar-refractivity contribution in [1.29, 1.82) is 5.41 Å². The van der Waals surface area contributed by atoms with Crippen LogP contribution in [-0.4, -0.2) is 49.8 Å². The van der Waals surface area contributed by atoms with Crippen LogP contribution < -0.4 is 5.73 Å². The fourth-order valence-corrected chi connectivity index (χ4v) is 1.94. The van der Waals surface area contributed by atoms with Gasteiger partial charge in [0.05, 0.1) is 0 Å². The summed E-state index contributed by atoms with van der Waals surface area (Å²) in [6.45, 7) is 0.890. The minimum Gasteiger partial charge on any atom is -0.387 e. The van der Waals surface area contributed by atoms with Gasteiger partial charge in [-0.25, -0.2) is 0 Å². The van der Waals surface area contributed by atoms with E-state index in [9.17, 15) is 13.2 Å². The molecule has 1 unspecified atom stereocenters. The van der Waals surface area contributed by atoms with E-state index in [-0.39, 0.29) is 12.6 Å². The molecular formula is C10H18F3N3O. The van der Waals surface area contributed by atoms with Crippen molar-refractivity contribution in [2.45, 2.75) is 25.1 Å². The highest BCUT2D eigenvalue weighted by Gasteiger charge is 2.43. The molecule has 0 amide bonds. The molecule has 4 nitrogen and oxygen atoms in total. The smallest absolute Gasteiger partial charge is 0.387 e. The van der Waals surface area contributed by atoms with Gasteiger partial charge in [0.25, 0.3) is 0 Å². The van der Waals surface area contributed by atoms with Gasteiger partial charge in [0.1, 0.15) is 11.8 Å². The predicted molar refractivity (Wildman–Crippen MR) is 57.9 cm³/mol. The monoisotopic (exact) mass is 253 g/mol. The number of nitrogens with zero attached hydrogens (tertiary/aromatic N) is 1. The normalized spacial score (nSPS) is 20.5. The Kier molecular flexibility index (Phi) is 4.76. The van der Waals surface area contributed by atoms with Crippen LogP contribution in [0.15, 0.2) is 0 Å². The zero-order chi connectivity index (χ0) is 13.1. The Balaban J connectivity index is 2.57. The van der Waals surface area contributed by atoms with Gasteiger partial charge in [-0.1, -0.05) is 0 Å². The zero-order valence-corrected chi connectivity index (χ0v) is 9.76. The number of nitrogens with one attached hydrogen (secondary N) is 1. The van der Waals surface area contributed by atoms with Crippen LogP contribution in [0.3, 0.4) is 0 Å². The third-order valence-electron chi connectivity index (χ3n) is 3.06. The Hall–Kier alpha value is -0.820. The van der Waals surface area contributed by atoms with E-state index in [2.05, 4.69) is 0 Å². The van der Waals surface area contributed by atoms with Crippen LogP contribution >= 0.6 is 0 Å². The maximum absolute atomic E-state index is 12.6. The summed E-state index contributed by atoms with van der Waals surface area (Å²) in [6.07, 6.45) is -3.01. The zero-order valence-electron chi connectivity index (χ0n) is 9.76. The number of amidine groups is 1. The van der Waals surface area contributed by atoms with Gasteiger partial charge >= 0.3 is 6.18 Å². The first-order valence-corrected chi connectivity index (χ1v) is 5.51. The molecule has 0 aromatic carbocycles. The summed E-state index contributed by atoms with van der Waals surface area (Å²) in [5, 5.41) is 7.02. The van der Waals surface area contributed by atoms with Crippen molar-refractivity contribution in [2.24, 2.45) is 11.7 Å². The molecule has 0 aliphatic carbocycles. The third kappa shape index (κ3) is 4.16. The Bertz CT molecular complexity index is 264. The molecule has 0 radical (unpaired) electrons. The summed E-state index contributed by atoms with van der Waals surface area (Å²) in [5.74, 6) is -2.70. The maximum atomic E-state index is 12.6. The van der Waals surface area contributed by atoms with Gasteiger partial charge in [0, 0.05) is 25.8 Å². The van der Waals surface area contributed by atoms with E-state index in [1.807, 2.05) is 0 Å². The first kappa shape index (κ1) is 14.2. The molecule has 0 saturated carbocycles. The van der Waals surface area contributed by atoms with Gasteiger partial charge in [-0.15, -0.1) is 0 Å². The van der Waals surface area contributed by atoms with Crippen molar-refractivity contribution in [3.05, 3.63) is 0 Å². The van der Waals surface area contributed by atoms with Gasteiger partial charge in [-0.3, -0.25) is 5.41 Å². The Morgan fingerprint density at radius 2 is 2.00 bits per heavy atom. The molecule has 1 heterocycles. The number of ether oxygens (including phenoxy) is 1. The molecule has 3 N–H and O–H groups in total. The van der Waals surface area contributed by atoms with Gasteiger partial charge < -0.3 is 15.4 Å². The number of alkyl halides is 3. The topological polar surface area (TPSA) is 62.3 Å². The molecule has 1 saturated heterocycles. The first-order valence-electron chi connectivity index (χ1n) is 5.51. The Labute approximate surface area is 98.4 Å². The summed E-state index contributed by atoms with van der Waals surface area (Å²) in [6, 6.07) is 0.0768. The summed E-state index contributed by atoms with van der Waals surface area (Å²) in [5.41, 5.74) is 5.01. The van der Waals surface area contributed by atoms with E-state index in [4.69, 9.17) is 15.9 Å². The van der Waals surface area contributed by atoms with Crippen LogP contribution in [0.4, 0.5) is 13.2 Å². The fraction of sp³-hybridized carbons (Fsp3) is 0.900. The van der Waals surface area contributed by atoms with E-state index in [0.717, 1.165) is 12.8 Å². The summed E-state index contributed by atoms with van der Waals surface area (Å²) < 4.78 is 43.0. The fourth-order valence-electron chi connectivity index (χ4n) is 1.94. The van der Waals surface area contributed by atoms with Crippen molar-refractivity contribution in [2.75, 3.05) is 26.8 Å². The van der Waals surface area contributed by atoms with E-state index in [0.29, 0.717) is 13.2 Å². The number of nitrogens with two attached hydrogens (primary N) is 1. The Morgan fingerprint density at radius 3 is 2.41 bits per heavy atom. The lowest BCUT2D eigenvalue weighted by atomic mass is 10.0. The van der Waals surface area contributed by atoms with E-state index in [1.54, 1.807) is 11.9 Å². The van der Waals surface area contributed by atoms with Crippen molar-refractivity contribution < 1.29 is 17.9 Å². The molecular weight excluding hydrogens is 235 g/mol. The summed E-state index contributed by atoms with van der Waals surface area (Å²) >= 11 is 0. The lowest BCUT2D eigenvalue weighted by molar-refractivity contribution is -0.161. The van der Waals surface area contributed by atoms with Crippen LogP contribution in [0.1, 0.15) is 12.8 Å². The van der Waals surface area contributed by atoms with Crippen molar-refractivity contribution in [3.8, 4) is 0 Å². The predicted octanol–water partition coefficient (Wildman–Crippen LogP) is 1.21. The lowest BCUT2D eigenvalue weighted by Gasteiger charge is -2.33. The van der Waals surface area contributed by atoms with Crippen molar-refractivity contribution in [3.63, 3.8) is 0 Å². The van der Waals surface area contributed by atoms with E-state index in [1.165, 1.54) is 0 Å². The van der Waals surface area contributed by atoms with Crippen LogP contribution in [0.25, 0.3) is 0 Å². The molecule has 0 bridgehead atoms. The minimum absolute atomic E-state index is 0.0768. The molecule has 7 heteroatoms. The highest BCUT2D eigenvalue weighted by atomic mass is 19.4. The summed E-state index contributed by atoms with van der Waals surface area (Å²) in [7, 11) is 1.64. The van der Waals surface area contributed by atoms with Crippen molar-refractivity contribution in [1.82, 2.24) is 4.90 Å². The second-order valence-electron chi connectivity index (χ2n) is 4.33. The van der Waals surface area contributed by atoms with Crippen LogP contribution in [-0.2, 0) is 4.74 Å². The largest absolute Gasteiger partial charge is 0.399 e. The second kappa shape index (κ2) is 5.68. The maximum Gasteiger partial charge on any atom is 0.399 e. The molecule has 1 atom stereocenters. The van der Waals surface area contributed by atoms with Crippen LogP contribution in [0.5, 0.6) is 0 Å². The van der Waals surface area contributed by atoms with Crippen LogP contribution in [0, 0.1) is 11.3 Å². The molecule has 1 aliphatic heterocycles. The quantitative estimate of drug-likeness (QED) is 0.585. The molecule has 0 spiro atoms. The number of rotatable bonds is 4. The molecule has 1 rings (SSSR count). The molecule has 1 fully saturated rings. The molecule has 0 aromatic rings. The van der Waals surface area contributed by atoms with Gasteiger partial charge in [0.15, 0.2) is 0 Å². The van der Waals surface area contributed by atoms with Crippen LogP contribution in [0.2, 0.25) is 0 Å².